The first kappa shape index (κ1) is 12.8. The molecule has 1 aliphatic heterocycles. The van der Waals surface area contributed by atoms with Gasteiger partial charge in [-0.2, -0.15) is 8.42 Å². The van der Waals surface area contributed by atoms with Crippen LogP contribution in [0.2, 0.25) is 0 Å². The Labute approximate surface area is 104 Å². The molecule has 1 aromatic carbocycles. The quantitative estimate of drug-likeness (QED) is 0.819. The average Bonchev–Trinajstić information content (AvgIpc) is 2.64. The number of rotatable bonds is 2. The van der Waals surface area contributed by atoms with Gasteiger partial charge in [-0.25, -0.2) is 0 Å². The number of para-hydroxylation sites is 1. The Hall–Kier alpha value is -1.63. The minimum Gasteiger partial charge on any atom is -0.505 e. The van der Waals surface area contributed by atoms with E-state index in [4.69, 9.17) is 0 Å². The van der Waals surface area contributed by atoms with Gasteiger partial charge < -0.3 is 10.0 Å². The highest BCUT2D eigenvalue weighted by Crippen LogP contribution is 2.34. The smallest absolute Gasteiger partial charge is 0.307 e. The van der Waals surface area contributed by atoms with Gasteiger partial charge in [0, 0.05) is 13.0 Å². The molecule has 1 amide bonds. The summed E-state index contributed by atoms with van der Waals surface area (Å²) in [6.07, 6.45) is -0.397. The van der Waals surface area contributed by atoms with E-state index >= 15 is 0 Å². The molecule has 0 radical (unpaired) electrons. The van der Waals surface area contributed by atoms with Gasteiger partial charge in [0.2, 0.25) is 5.91 Å². The van der Waals surface area contributed by atoms with Crippen LogP contribution in [0.1, 0.15) is 12.0 Å². The van der Waals surface area contributed by atoms with Gasteiger partial charge in [0.05, 0.1) is 5.69 Å². The van der Waals surface area contributed by atoms with Crippen LogP contribution in [-0.2, 0) is 15.0 Å². The molecule has 7 heteroatoms. The van der Waals surface area contributed by atoms with Crippen LogP contribution in [0, 0.1) is 6.92 Å². The number of halogens is 1. The molecule has 1 aromatic rings. The summed E-state index contributed by atoms with van der Waals surface area (Å²) in [5, 5.41) is 8.47. The second-order valence-electron chi connectivity index (χ2n) is 4.25. The molecule has 1 unspecified atom stereocenters. The summed E-state index contributed by atoms with van der Waals surface area (Å²) in [4.78, 5) is 12.8. The van der Waals surface area contributed by atoms with Gasteiger partial charge in [-0.1, -0.05) is 12.1 Å². The monoisotopic (exact) mass is 273 g/mol. The fourth-order valence-corrected chi connectivity index (χ4v) is 2.63. The molecule has 0 saturated carbocycles. The van der Waals surface area contributed by atoms with Gasteiger partial charge in [0.25, 0.3) is 0 Å². The molecule has 0 aliphatic carbocycles. The maximum Gasteiger partial charge on any atom is 0.307 e. The van der Waals surface area contributed by atoms with Gasteiger partial charge in [0.15, 0.2) is 0 Å². The van der Waals surface area contributed by atoms with Crippen molar-refractivity contribution in [3.05, 3.63) is 23.8 Å². The van der Waals surface area contributed by atoms with E-state index in [1.54, 1.807) is 19.1 Å². The molecule has 1 aliphatic rings. The summed E-state index contributed by atoms with van der Waals surface area (Å²) in [7, 11) is -4.74. The van der Waals surface area contributed by atoms with E-state index < -0.39 is 27.8 Å². The van der Waals surface area contributed by atoms with Crippen molar-refractivity contribution in [3.8, 4) is 5.75 Å². The number of anilines is 1. The van der Waals surface area contributed by atoms with Crippen LogP contribution >= 0.6 is 0 Å². The van der Waals surface area contributed by atoms with Crippen LogP contribution in [0.3, 0.4) is 0 Å². The second kappa shape index (κ2) is 4.24. The molecule has 2 rings (SSSR count). The van der Waals surface area contributed by atoms with Crippen LogP contribution < -0.4 is 4.90 Å². The zero-order valence-electron chi connectivity index (χ0n) is 9.63. The molecule has 1 atom stereocenters. The summed E-state index contributed by atoms with van der Waals surface area (Å²) in [5.74, 6) is -0.607. The Morgan fingerprint density at radius 1 is 1.44 bits per heavy atom. The van der Waals surface area contributed by atoms with Crippen molar-refractivity contribution in [2.75, 3.05) is 11.4 Å². The third-order valence-corrected chi connectivity index (χ3v) is 4.11. The van der Waals surface area contributed by atoms with Crippen molar-refractivity contribution in [2.45, 2.75) is 18.6 Å². The number of phenols is 1. The Kier molecular flexibility index (Phi) is 3.02. The molecule has 18 heavy (non-hydrogen) atoms. The Morgan fingerprint density at radius 2 is 2.11 bits per heavy atom. The normalized spacial score (nSPS) is 20.4. The summed E-state index contributed by atoms with van der Waals surface area (Å²) in [5.41, 5.74) is 0.776. The number of carbonyl (C=O) groups is 1. The number of phenolic OH excluding ortho intramolecular Hbond substituents is 1. The minimum atomic E-state index is -4.74. The third-order valence-electron chi connectivity index (χ3n) is 2.99. The second-order valence-corrected chi connectivity index (χ2v) is 5.87. The first-order valence-electron chi connectivity index (χ1n) is 5.33. The summed E-state index contributed by atoms with van der Waals surface area (Å²) >= 11 is 0. The number of aromatic hydroxyl groups is 1. The largest absolute Gasteiger partial charge is 0.505 e. The van der Waals surface area contributed by atoms with Crippen LogP contribution in [0.4, 0.5) is 9.57 Å². The predicted molar refractivity (Wildman–Crippen MR) is 63.6 cm³/mol. The van der Waals surface area contributed by atoms with Gasteiger partial charge >= 0.3 is 10.2 Å². The minimum absolute atomic E-state index is 0.0947. The third kappa shape index (κ3) is 2.17. The number of carbonyl (C=O) groups excluding carboxylic acids is 1. The highest BCUT2D eigenvalue weighted by Gasteiger charge is 2.39. The number of nitrogens with zero attached hydrogens (tertiary/aromatic N) is 1. The SMILES string of the molecule is Cc1cccc(N2CC(S(=O)(=O)F)CC2=O)c1O. The Morgan fingerprint density at radius 3 is 2.67 bits per heavy atom. The summed E-state index contributed by atoms with van der Waals surface area (Å²) in [6, 6.07) is 4.78. The number of hydrogen-bond donors (Lipinski definition) is 1. The lowest BCUT2D eigenvalue weighted by molar-refractivity contribution is -0.117. The molecule has 0 bridgehead atoms. The fraction of sp³-hybridized carbons (Fsp3) is 0.364. The van der Waals surface area contributed by atoms with Crippen LogP contribution in [-0.4, -0.2) is 31.2 Å². The molecule has 1 heterocycles. The molecule has 1 N–H and O–H groups in total. The van der Waals surface area contributed by atoms with Gasteiger partial charge in [-0.05, 0) is 18.6 Å². The fourth-order valence-electron chi connectivity index (χ4n) is 1.96. The lowest BCUT2D eigenvalue weighted by Crippen LogP contribution is -2.27. The highest BCUT2D eigenvalue weighted by atomic mass is 32.3. The van der Waals surface area contributed by atoms with Gasteiger partial charge in [-0.3, -0.25) is 4.79 Å². The number of hydrogen-bond acceptors (Lipinski definition) is 4. The zero-order chi connectivity index (χ0) is 13.5. The topological polar surface area (TPSA) is 74.7 Å². The number of aryl methyl sites for hydroxylation is 1. The van der Waals surface area contributed by atoms with Crippen molar-refractivity contribution in [2.24, 2.45) is 0 Å². The lowest BCUT2D eigenvalue weighted by atomic mass is 10.2. The summed E-state index contributed by atoms with van der Waals surface area (Å²) in [6.45, 7) is 1.39. The van der Waals surface area contributed by atoms with Gasteiger partial charge in [-0.15, -0.1) is 3.89 Å². The van der Waals surface area contributed by atoms with E-state index in [2.05, 4.69) is 0 Å². The molecular formula is C11H12FNO4S. The van der Waals surface area contributed by atoms with E-state index in [0.717, 1.165) is 4.90 Å². The van der Waals surface area contributed by atoms with E-state index in [9.17, 15) is 22.2 Å². The molecule has 98 valence electrons. The van der Waals surface area contributed by atoms with Crippen molar-refractivity contribution < 1.29 is 22.2 Å². The molecule has 0 aromatic heterocycles. The average molecular weight is 273 g/mol. The number of benzene rings is 1. The van der Waals surface area contributed by atoms with Crippen molar-refractivity contribution >= 4 is 21.8 Å². The van der Waals surface area contributed by atoms with E-state index in [1.807, 2.05) is 0 Å². The Balaban J connectivity index is 2.36. The number of amides is 1. The molecular weight excluding hydrogens is 261 g/mol. The molecule has 1 saturated heterocycles. The molecule has 1 fully saturated rings. The van der Waals surface area contributed by atoms with Crippen LogP contribution in [0.15, 0.2) is 18.2 Å². The van der Waals surface area contributed by atoms with Crippen LogP contribution in [0.25, 0.3) is 0 Å². The standard InChI is InChI=1S/C11H12FNO4S/c1-7-3-2-4-9(11(7)15)13-6-8(5-10(13)14)18(12,16)17/h2-4,8,15H,5-6H2,1H3. The zero-order valence-corrected chi connectivity index (χ0v) is 10.4. The molecule has 5 nitrogen and oxygen atoms in total. The lowest BCUT2D eigenvalue weighted by Gasteiger charge is -2.18. The van der Waals surface area contributed by atoms with Gasteiger partial charge in [0.1, 0.15) is 11.0 Å². The first-order chi connectivity index (χ1) is 8.30. The maximum absolute atomic E-state index is 12.9. The summed E-state index contributed by atoms with van der Waals surface area (Å²) < 4.78 is 34.5. The maximum atomic E-state index is 12.9. The van der Waals surface area contributed by atoms with E-state index in [-0.39, 0.29) is 18.0 Å². The van der Waals surface area contributed by atoms with Crippen LogP contribution in [0.5, 0.6) is 5.75 Å². The van der Waals surface area contributed by atoms with E-state index in [1.165, 1.54) is 6.07 Å². The molecule has 0 spiro atoms. The predicted octanol–water partition coefficient (Wildman–Crippen LogP) is 1.11. The van der Waals surface area contributed by atoms with Crippen molar-refractivity contribution in [1.29, 1.82) is 0 Å². The Bertz CT molecular complexity index is 599. The van der Waals surface area contributed by atoms with Crippen molar-refractivity contribution in [1.82, 2.24) is 0 Å². The highest BCUT2D eigenvalue weighted by molar-refractivity contribution is 7.87. The van der Waals surface area contributed by atoms with Crippen molar-refractivity contribution in [3.63, 3.8) is 0 Å². The van der Waals surface area contributed by atoms with E-state index in [0.29, 0.717) is 5.56 Å². The first-order valence-corrected chi connectivity index (χ1v) is 6.78.